The zero-order valence-corrected chi connectivity index (χ0v) is 11.2. The monoisotopic (exact) mass is 290 g/mol. The van der Waals surface area contributed by atoms with Crippen molar-refractivity contribution in [1.82, 2.24) is 10.2 Å². The highest BCUT2D eigenvalue weighted by molar-refractivity contribution is 9.09. The molecule has 1 aliphatic heterocycles. The smallest absolute Gasteiger partial charge is 0.230 e. The molecule has 0 bridgehead atoms. The summed E-state index contributed by atoms with van der Waals surface area (Å²) in [5.74, 6) is 2.75. The van der Waals surface area contributed by atoms with Gasteiger partial charge >= 0.3 is 0 Å². The molecule has 1 fully saturated rings. The second-order valence-electron chi connectivity index (χ2n) is 3.71. The number of halogens is 1. The molecular formula is C10H15BrN2OS. The first-order valence-electron chi connectivity index (χ1n) is 5.40. The highest BCUT2D eigenvalue weighted by Crippen LogP contribution is 2.38. The molecule has 0 saturated carbocycles. The van der Waals surface area contributed by atoms with Crippen LogP contribution in [0.25, 0.3) is 0 Å². The molecule has 0 amide bonds. The number of hydrogen-bond acceptors (Lipinski definition) is 4. The van der Waals surface area contributed by atoms with Crippen molar-refractivity contribution in [2.75, 3.05) is 5.75 Å². The van der Waals surface area contributed by atoms with Crippen LogP contribution >= 0.6 is 27.7 Å². The van der Waals surface area contributed by atoms with E-state index in [0.717, 1.165) is 18.2 Å². The predicted molar refractivity (Wildman–Crippen MR) is 65.3 cm³/mol. The van der Waals surface area contributed by atoms with Crippen LogP contribution in [-0.2, 0) is 0 Å². The van der Waals surface area contributed by atoms with Crippen molar-refractivity contribution >= 4 is 27.7 Å². The topological polar surface area (TPSA) is 38.9 Å². The summed E-state index contributed by atoms with van der Waals surface area (Å²) in [5.41, 5.74) is 0. The van der Waals surface area contributed by atoms with Gasteiger partial charge in [-0.25, -0.2) is 0 Å². The van der Waals surface area contributed by atoms with Gasteiger partial charge in [-0.15, -0.1) is 22.0 Å². The van der Waals surface area contributed by atoms with Crippen LogP contribution < -0.4 is 0 Å². The minimum absolute atomic E-state index is 0.201. The van der Waals surface area contributed by atoms with Crippen molar-refractivity contribution < 1.29 is 4.42 Å². The Kier molecular flexibility index (Phi) is 4.08. The van der Waals surface area contributed by atoms with Crippen LogP contribution in [0.15, 0.2) is 4.42 Å². The van der Waals surface area contributed by atoms with Crippen molar-refractivity contribution in [3.63, 3.8) is 0 Å². The normalized spacial score (nSPS) is 24.0. The fourth-order valence-corrected chi connectivity index (χ4v) is 3.02. The van der Waals surface area contributed by atoms with Crippen LogP contribution in [0.4, 0.5) is 0 Å². The number of hydrogen-bond donors (Lipinski definition) is 0. The van der Waals surface area contributed by atoms with Crippen LogP contribution in [0.3, 0.4) is 0 Å². The van der Waals surface area contributed by atoms with Gasteiger partial charge in [-0.05, 0) is 25.0 Å². The Hall–Kier alpha value is -0.0300. The van der Waals surface area contributed by atoms with Gasteiger partial charge in [0.15, 0.2) is 0 Å². The maximum absolute atomic E-state index is 5.69. The molecule has 1 aromatic rings. The van der Waals surface area contributed by atoms with Gasteiger partial charge in [0.1, 0.15) is 0 Å². The molecular weight excluding hydrogens is 276 g/mol. The summed E-state index contributed by atoms with van der Waals surface area (Å²) in [5, 5.41) is 8.65. The molecule has 2 heterocycles. The maximum atomic E-state index is 5.69. The van der Waals surface area contributed by atoms with E-state index in [4.69, 9.17) is 4.42 Å². The van der Waals surface area contributed by atoms with Crippen LogP contribution in [-0.4, -0.2) is 16.0 Å². The van der Waals surface area contributed by atoms with E-state index in [1.807, 2.05) is 11.8 Å². The molecule has 2 rings (SSSR count). The quantitative estimate of drug-likeness (QED) is 0.792. The second kappa shape index (κ2) is 5.34. The highest BCUT2D eigenvalue weighted by Gasteiger charge is 2.23. The van der Waals surface area contributed by atoms with E-state index >= 15 is 0 Å². The van der Waals surface area contributed by atoms with Crippen LogP contribution in [0.1, 0.15) is 54.5 Å². The molecule has 1 aromatic heterocycles. The predicted octanol–water partition coefficient (Wildman–Crippen LogP) is 3.87. The molecule has 1 saturated heterocycles. The third-order valence-electron chi connectivity index (χ3n) is 2.54. The molecule has 0 radical (unpaired) electrons. The molecule has 0 N–H and O–H groups in total. The Morgan fingerprint density at radius 3 is 3.07 bits per heavy atom. The van der Waals surface area contributed by atoms with E-state index in [0.29, 0.717) is 5.25 Å². The fraction of sp³-hybridized carbons (Fsp3) is 0.800. The first-order valence-corrected chi connectivity index (χ1v) is 7.36. The minimum atomic E-state index is 0.201. The van der Waals surface area contributed by atoms with E-state index in [1.54, 1.807) is 0 Å². The van der Waals surface area contributed by atoms with Gasteiger partial charge in [0.25, 0.3) is 0 Å². The minimum Gasteiger partial charge on any atom is -0.423 e. The van der Waals surface area contributed by atoms with Crippen molar-refractivity contribution in [2.24, 2.45) is 0 Å². The lowest BCUT2D eigenvalue weighted by atomic mass is 10.2. The first-order chi connectivity index (χ1) is 7.31. The molecule has 2 unspecified atom stereocenters. The van der Waals surface area contributed by atoms with Gasteiger partial charge < -0.3 is 4.42 Å². The standard InChI is InChI=1S/C10H15BrN2OS/c1-2-7(11)9-12-13-10(14-9)8-5-3-4-6-15-8/h7-8H,2-6H2,1H3. The van der Waals surface area contributed by atoms with Crippen LogP contribution in [0, 0.1) is 0 Å². The van der Waals surface area contributed by atoms with E-state index < -0.39 is 0 Å². The van der Waals surface area contributed by atoms with E-state index in [9.17, 15) is 0 Å². The molecule has 15 heavy (non-hydrogen) atoms. The van der Waals surface area contributed by atoms with Gasteiger partial charge in [0.2, 0.25) is 11.8 Å². The lowest BCUT2D eigenvalue weighted by Gasteiger charge is -2.17. The van der Waals surface area contributed by atoms with Gasteiger partial charge in [-0.3, -0.25) is 0 Å². The van der Waals surface area contributed by atoms with E-state index in [2.05, 4.69) is 33.1 Å². The molecule has 1 aliphatic rings. The third kappa shape index (κ3) is 2.75. The largest absolute Gasteiger partial charge is 0.423 e. The molecule has 0 aliphatic carbocycles. The van der Waals surface area contributed by atoms with Crippen molar-refractivity contribution in [2.45, 2.75) is 42.7 Å². The fourth-order valence-electron chi connectivity index (χ4n) is 1.61. The summed E-state index contributed by atoms with van der Waals surface area (Å²) in [6, 6.07) is 0. The average Bonchev–Trinajstić information content (AvgIpc) is 2.78. The van der Waals surface area contributed by atoms with Crippen molar-refractivity contribution in [3.8, 4) is 0 Å². The molecule has 3 nitrogen and oxygen atoms in total. The second-order valence-corrected chi connectivity index (χ2v) is 6.13. The summed E-state index contributed by atoms with van der Waals surface area (Å²) < 4.78 is 5.69. The van der Waals surface area contributed by atoms with Crippen LogP contribution in [0.5, 0.6) is 0 Å². The van der Waals surface area contributed by atoms with Gasteiger partial charge in [-0.2, -0.15) is 0 Å². The van der Waals surface area contributed by atoms with Gasteiger partial charge in [0, 0.05) is 0 Å². The van der Waals surface area contributed by atoms with Gasteiger partial charge in [-0.1, -0.05) is 29.3 Å². The van der Waals surface area contributed by atoms with Crippen LogP contribution in [0.2, 0.25) is 0 Å². The lowest BCUT2D eigenvalue weighted by Crippen LogP contribution is -2.02. The molecule has 2 atom stereocenters. The molecule has 0 spiro atoms. The number of thioether (sulfide) groups is 1. The highest BCUT2D eigenvalue weighted by atomic mass is 79.9. The molecule has 84 valence electrons. The summed E-state index contributed by atoms with van der Waals surface area (Å²) >= 11 is 5.46. The Bertz CT molecular complexity index is 312. The van der Waals surface area contributed by atoms with Crippen molar-refractivity contribution in [3.05, 3.63) is 11.8 Å². The van der Waals surface area contributed by atoms with Crippen molar-refractivity contribution in [1.29, 1.82) is 0 Å². The van der Waals surface area contributed by atoms with E-state index in [1.165, 1.54) is 25.0 Å². The number of nitrogens with zero attached hydrogens (tertiary/aromatic N) is 2. The van der Waals surface area contributed by atoms with E-state index in [-0.39, 0.29) is 4.83 Å². The summed E-state index contributed by atoms with van der Waals surface area (Å²) in [6.07, 6.45) is 4.74. The van der Waals surface area contributed by atoms with Gasteiger partial charge in [0.05, 0.1) is 10.1 Å². The third-order valence-corrected chi connectivity index (χ3v) is 4.94. The summed E-state index contributed by atoms with van der Waals surface area (Å²) in [4.78, 5) is 0.201. The Morgan fingerprint density at radius 1 is 1.53 bits per heavy atom. The zero-order valence-electron chi connectivity index (χ0n) is 8.78. The summed E-state index contributed by atoms with van der Waals surface area (Å²) in [7, 11) is 0. The number of rotatable bonds is 3. The molecule has 5 heteroatoms. The lowest BCUT2D eigenvalue weighted by molar-refractivity contribution is 0.433. The molecule has 0 aromatic carbocycles. The SMILES string of the molecule is CCC(Br)c1nnc(C2CCCCS2)o1. The average molecular weight is 291 g/mol. The Morgan fingerprint density at radius 2 is 2.40 bits per heavy atom. The number of aromatic nitrogens is 2. The Balaban J connectivity index is 2.05. The zero-order chi connectivity index (χ0) is 10.7. The first kappa shape index (κ1) is 11.5. The maximum Gasteiger partial charge on any atom is 0.230 e. The number of alkyl halides is 1. The Labute approximate surface area is 103 Å². The summed E-state index contributed by atoms with van der Waals surface area (Å²) in [6.45, 7) is 2.10.